The molecule has 0 fully saturated rings. The van der Waals surface area contributed by atoms with Crippen molar-refractivity contribution in [1.82, 2.24) is 0 Å². The Hall–Kier alpha value is 0.460. The van der Waals surface area contributed by atoms with E-state index in [-0.39, 0.29) is 0 Å². The average molecular weight is 242 g/mol. The molecule has 0 radical (unpaired) electrons. The van der Waals surface area contributed by atoms with Crippen LogP contribution in [0.5, 0.6) is 0 Å². The zero-order valence-electron chi connectivity index (χ0n) is 8.11. The molecule has 0 aliphatic heterocycles. The fourth-order valence-electron chi connectivity index (χ4n) is 0.732. The van der Waals surface area contributed by atoms with Gasteiger partial charge in [-0.25, -0.2) is 0 Å². The molecule has 0 saturated heterocycles. The van der Waals surface area contributed by atoms with Gasteiger partial charge < -0.3 is 9.05 Å². The van der Waals surface area contributed by atoms with Crippen LogP contribution in [0.3, 0.4) is 0 Å². The lowest BCUT2D eigenvalue weighted by Crippen LogP contribution is -2.01. The van der Waals surface area contributed by atoms with Crippen molar-refractivity contribution < 1.29 is 13.6 Å². The summed E-state index contributed by atoms with van der Waals surface area (Å²) in [6.07, 6.45) is 1.83. The third-order valence-electron chi connectivity index (χ3n) is 1.12. The molecule has 0 N–H and O–H groups in total. The van der Waals surface area contributed by atoms with Crippen LogP contribution in [0, 0.1) is 0 Å². The highest BCUT2D eigenvalue weighted by atomic mass is 32.2. The Morgan fingerprint density at radius 2 is 1.85 bits per heavy atom. The Morgan fingerprint density at radius 3 is 2.08 bits per heavy atom. The summed E-state index contributed by atoms with van der Waals surface area (Å²) in [5, 5.41) is 0. The van der Waals surface area contributed by atoms with E-state index in [2.05, 4.69) is 5.87 Å². The second-order valence-electron chi connectivity index (χ2n) is 1.95. The van der Waals surface area contributed by atoms with Gasteiger partial charge in [-0.3, -0.25) is 4.57 Å². The molecule has 0 atom stereocenters. The van der Waals surface area contributed by atoms with Crippen molar-refractivity contribution in [3.8, 4) is 0 Å². The van der Waals surface area contributed by atoms with E-state index in [0.29, 0.717) is 17.2 Å². The molecule has 0 aromatic heterocycles. The smallest absolute Gasteiger partial charge is 0.305 e. The minimum atomic E-state index is -3.05. The van der Waals surface area contributed by atoms with Crippen LogP contribution in [-0.2, 0) is 13.6 Å². The van der Waals surface area contributed by atoms with E-state index in [1.165, 1.54) is 22.7 Å². The average Bonchev–Trinajstić information content (AvgIpc) is 2.07. The zero-order chi connectivity index (χ0) is 10.3. The minimum Gasteiger partial charge on any atom is -0.305 e. The van der Waals surface area contributed by atoms with Gasteiger partial charge in [0, 0.05) is 0 Å². The van der Waals surface area contributed by atoms with Gasteiger partial charge in [0.15, 0.2) is 0 Å². The standard InChI is InChI=1S/C7H15O3PS2/c1-5-9-11(8,10-6-2)7(12-3)13-4/h3,5-6H2,1-2,4H3. The van der Waals surface area contributed by atoms with Gasteiger partial charge in [0.1, 0.15) is 3.94 Å². The second kappa shape index (κ2) is 6.85. The van der Waals surface area contributed by atoms with E-state index >= 15 is 0 Å². The Labute approximate surface area is 87.3 Å². The number of hydrogen-bond donors (Lipinski definition) is 0. The number of rotatable bonds is 5. The normalized spacial score (nSPS) is 11.3. The number of thioether (sulfide) groups is 1. The molecule has 13 heavy (non-hydrogen) atoms. The topological polar surface area (TPSA) is 35.5 Å². The highest BCUT2D eigenvalue weighted by molar-refractivity contribution is 8.37. The Kier molecular flexibility index (Phi) is 7.09. The molecule has 0 aliphatic carbocycles. The number of hydrogen-bond acceptors (Lipinski definition) is 4. The molecule has 6 heteroatoms. The van der Waals surface area contributed by atoms with E-state index in [0.717, 1.165) is 0 Å². The molecule has 0 aromatic rings. The minimum absolute atomic E-state index is 0.377. The second-order valence-corrected chi connectivity index (χ2v) is 6.28. The summed E-state index contributed by atoms with van der Waals surface area (Å²) in [5.74, 6) is 3.61. The van der Waals surface area contributed by atoms with Crippen molar-refractivity contribution in [2.75, 3.05) is 19.5 Å². The maximum Gasteiger partial charge on any atom is 0.377 e. The van der Waals surface area contributed by atoms with Gasteiger partial charge in [-0.2, -0.15) is 0 Å². The maximum absolute atomic E-state index is 12.0. The van der Waals surface area contributed by atoms with Gasteiger partial charge >= 0.3 is 7.60 Å². The lowest BCUT2D eigenvalue weighted by atomic mass is 10.9. The first-order valence-corrected chi connectivity index (χ1v) is 7.62. The molecule has 0 unspecified atom stereocenters. The largest absolute Gasteiger partial charge is 0.377 e. The highest BCUT2D eigenvalue weighted by Gasteiger charge is 2.28. The lowest BCUT2D eigenvalue weighted by molar-refractivity contribution is 0.233. The molecule has 3 nitrogen and oxygen atoms in total. The maximum atomic E-state index is 12.0. The molecular weight excluding hydrogens is 227 g/mol. The van der Waals surface area contributed by atoms with Crippen molar-refractivity contribution in [3.63, 3.8) is 0 Å². The van der Waals surface area contributed by atoms with Crippen LogP contribution in [0.1, 0.15) is 13.8 Å². The van der Waals surface area contributed by atoms with Crippen molar-refractivity contribution >= 4 is 40.1 Å². The third kappa shape index (κ3) is 4.00. The summed E-state index contributed by atoms with van der Waals surface area (Å²) in [6, 6.07) is 0. The molecule has 0 bridgehead atoms. The first kappa shape index (κ1) is 13.5. The SMILES string of the molecule is C=S=C(SC)P(=O)(OCC)OCC. The monoisotopic (exact) mass is 242 g/mol. The molecule has 0 rings (SSSR count). The van der Waals surface area contributed by atoms with Crippen LogP contribution in [0.4, 0.5) is 0 Å². The summed E-state index contributed by atoms with van der Waals surface area (Å²) in [5.41, 5.74) is 0. The van der Waals surface area contributed by atoms with Crippen molar-refractivity contribution in [2.45, 2.75) is 13.8 Å². The van der Waals surface area contributed by atoms with Crippen LogP contribution in [0.15, 0.2) is 0 Å². The summed E-state index contributed by atoms with van der Waals surface area (Å²) < 4.78 is 22.9. The van der Waals surface area contributed by atoms with Crippen LogP contribution < -0.4 is 0 Å². The van der Waals surface area contributed by atoms with E-state index in [9.17, 15) is 4.57 Å². The summed E-state index contributed by atoms with van der Waals surface area (Å²) >= 11 is 1.36. The molecule has 0 amide bonds. The fraction of sp³-hybridized carbons (Fsp3) is 0.714. The molecule has 0 aromatic carbocycles. The quantitative estimate of drug-likeness (QED) is 0.548. The highest BCUT2D eigenvalue weighted by Crippen LogP contribution is 2.53. The molecule has 0 spiro atoms. The van der Waals surface area contributed by atoms with Crippen molar-refractivity contribution in [1.29, 1.82) is 0 Å². The van der Waals surface area contributed by atoms with Gasteiger partial charge in [-0.1, -0.05) is 0 Å². The first-order valence-electron chi connectivity index (χ1n) is 3.87. The Bertz CT molecular complexity index is 238. The molecule has 0 heterocycles. The van der Waals surface area contributed by atoms with Crippen molar-refractivity contribution in [2.24, 2.45) is 0 Å². The van der Waals surface area contributed by atoms with E-state index in [4.69, 9.17) is 9.05 Å². The Morgan fingerprint density at radius 1 is 1.38 bits per heavy atom. The van der Waals surface area contributed by atoms with Gasteiger partial charge in [0.2, 0.25) is 0 Å². The summed E-state index contributed by atoms with van der Waals surface area (Å²) in [4.78, 5) is 0. The van der Waals surface area contributed by atoms with E-state index in [1.807, 2.05) is 6.26 Å². The summed E-state index contributed by atoms with van der Waals surface area (Å²) in [7, 11) is -1.88. The van der Waals surface area contributed by atoms with Crippen LogP contribution >= 0.6 is 30.3 Å². The van der Waals surface area contributed by atoms with Gasteiger partial charge in [0.05, 0.1) is 13.2 Å². The molecular formula is C7H15O3PS2. The van der Waals surface area contributed by atoms with Crippen LogP contribution in [0.25, 0.3) is 0 Å². The summed E-state index contributed by atoms with van der Waals surface area (Å²) in [6.45, 7) is 4.33. The molecule has 0 aliphatic rings. The van der Waals surface area contributed by atoms with Gasteiger partial charge in [0.25, 0.3) is 0 Å². The third-order valence-corrected chi connectivity index (χ3v) is 6.49. The van der Waals surface area contributed by atoms with Crippen LogP contribution in [-0.4, -0.2) is 29.3 Å². The molecule has 0 saturated carbocycles. The van der Waals surface area contributed by atoms with Crippen LogP contribution in [0.2, 0.25) is 0 Å². The molecule has 78 valence electrons. The predicted molar refractivity (Wildman–Crippen MR) is 64.1 cm³/mol. The van der Waals surface area contributed by atoms with Gasteiger partial charge in [-0.15, -0.1) is 22.7 Å². The zero-order valence-corrected chi connectivity index (χ0v) is 10.6. The fourth-order valence-corrected chi connectivity index (χ4v) is 4.33. The predicted octanol–water partition coefficient (Wildman–Crippen LogP) is 2.87. The lowest BCUT2D eigenvalue weighted by Gasteiger charge is -2.16. The van der Waals surface area contributed by atoms with E-state index in [1.54, 1.807) is 13.8 Å². The van der Waals surface area contributed by atoms with Crippen molar-refractivity contribution in [3.05, 3.63) is 0 Å². The first-order chi connectivity index (χ1) is 6.14. The van der Waals surface area contributed by atoms with Gasteiger partial charge in [-0.05, 0) is 26.0 Å². The Balaban J connectivity index is 4.76. The van der Waals surface area contributed by atoms with E-state index < -0.39 is 7.60 Å².